The lowest BCUT2D eigenvalue weighted by Gasteiger charge is -2.21. The third-order valence-corrected chi connectivity index (χ3v) is 3.27. The monoisotopic (exact) mass is 339 g/mol. The second kappa shape index (κ2) is 6.40. The molecule has 22 heavy (non-hydrogen) atoms. The van der Waals surface area contributed by atoms with E-state index in [1.54, 1.807) is 0 Å². The molecule has 1 aliphatic rings. The molecule has 7 N–H and O–H groups in total. The Morgan fingerprint density at radius 2 is 2.09 bits per heavy atom. The zero-order valence-corrected chi connectivity index (χ0v) is 11.7. The summed E-state index contributed by atoms with van der Waals surface area (Å²) in [7, 11) is -5.02. The Labute approximate surface area is 122 Å². The summed E-state index contributed by atoms with van der Waals surface area (Å²) >= 11 is 0. The Bertz CT molecular complexity index is 618. The van der Waals surface area contributed by atoms with E-state index in [0.717, 1.165) is 6.07 Å². The van der Waals surface area contributed by atoms with E-state index in [1.807, 2.05) is 0 Å². The summed E-state index contributed by atoms with van der Waals surface area (Å²) in [5.74, 6) is -0.0743. The van der Waals surface area contributed by atoms with Crippen LogP contribution in [0.4, 0.5) is 5.95 Å². The van der Waals surface area contributed by atoms with Crippen molar-refractivity contribution in [2.75, 3.05) is 5.32 Å². The van der Waals surface area contributed by atoms with E-state index in [0.29, 0.717) is 0 Å². The van der Waals surface area contributed by atoms with Crippen molar-refractivity contribution in [1.82, 2.24) is 9.97 Å². The Hall–Kier alpha value is -1.37. The number of nitrogens with one attached hydrogen (secondary N) is 2. The van der Waals surface area contributed by atoms with Crippen LogP contribution in [0.1, 0.15) is 0 Å². The molecule has 0 aromatic carbocycles. The maximum atomic E-state index is 11.1. The average Bonchev–Trinajstić information content (AvgIpc) is 2.65. The summed E-state index contributed by atoms with van der Waals surface area (Å²) in [5.41, 5.74) is -0.480. The molecule has 0 saturated carbocycles. The van der Waals surface area contributed by atoms with Crippen LogP contribution in [0.15, 0.2) is 17.1 Å². The summed E-state index contributed by atoms with van der Waals surface area (Å²) in [6.07, 6.45) is -7.21. The fraction of sp³-hybridized carbons (Fsp3) is 0.556. The molecule has 5 atom stereocenters. The number of aromatic amines is 1. The number of nitrogens with zero attached hydrogens (tertiary/aromatic N) is 1. The largest absolute Gasteiger partial charge is 0.472 e. The Balaban J connectivity index is 2.06. The highest BCUT2D eigenvalue weighted by atomic mass is 31.2. The fourth-order valence-electron chi connectivity index (χ4n) is 1.84. The molecular formula is C9H14N3O9P. The van der Waals surface area contributed by atoms with Crippen molar-refractivity contribution >= 4 is 13.8 Å². The van der Waals surface area contributed by atoms with Crippen molar-refractivity contribution in [3.8, 4) is 0 Å². The highest BCUT2D eigenvalue weighted by Crippen LogP contribution is 2.39. The van der Waals surface area contributed by atoms with E-state index in [-0.39, 0.29) is 5.95 Å². The molecule has 0 spiro atoms. The van der Waals surface area contributed by atoms with Gasteiger partial charge in [0, 0.05) is 12.3 Å². The van der Waals surface area contributed by atoms with Gasteiger partial charge < -0.3 is 35.2 Å². The highest BCUT2D eigenvalue weighted by Gasteiger charge is 2.48. The topological polar surface area (TPSA) is 194 Å². The van der Waals surface area contributed by atoms with Crippen LogP contribution in [0.5, 0.6) is 0 Å². The number of hydrogen-bond acceptors (Lipinski definition) is 9. The molecule has 124 valence electrons. The molecule has 1 saturated heterocycles. The van der Waals surface area contributed by atoms with E-state index >= 15 is 0 Å². The van der Waals surface area contributed by atoms with Crippen molar-refractivity contribution in [3.05, 3.63) is 22.6 Å². The SMILES string of the molecule is O=c1ccnc(NC2O[C@H](C(O)OP(=O)(O)O)[C@@H](O)[C@H]2O)[nH]1. The van der Waals surface area contributed by atoms with Crippen LogP contribution < -0.4 is 10.9 Å². The minimum atomic E-state index is -5.02. The van der Waals surface area contributed by atoms with Gasteiger partial charge in [0.2, 0.25) is 5.95 Å². The number of phosphoric ester groups is 1. The normalized spacial score (nSPS) is 30.2. The second-order valence-electron chi connectivity index (χ2n) is 4.42. The summed E-state index contributed by atoms with van der Waals surface area (Å²) in [4.78, 5) is 34.3. The molecule has 1 aliphatic heterocycles. The first kappa shape index (κ1) is 17.0. The maximum absolute atomic E-state index is 11.1. The van der Waals surface area contributed by atoms with Gasteiger partial charge in [-0.3, -0.25) is 14.3 Å². The lowest BCUT2D eigenvalue weighted by atomic mass is 10.1. The Morgan fingerprint density at radius 1 is 1.41 bits per heavy atom. The third kappa shape index (κ3) is 4.09. The van der Waals surface area contributed by atoms with Gasteiger partial charge in [0.25, 0.3) is 5.56 Å². The minimum Gasteiger partial charge on any atom is -0.387 e. The third-order valence-electron chi connectivity index (χ3n) is 2.78. The van der Waals surface area contributed by atoms with Gasteiger partial charge >= 0.3 is 7.82 Å². The molecule has 2 heterocycles. The predicted molar refractivity (Wildman–Crippen MR) is 68.3 cm³/mol. The number of hydrogen-bond donors (Lipinski definition) is 7. The van der Waals surface area contributed by atoms with Crippen LogP contribution in [0.3, 0.4) is 0 Å². The molecule has 0 amide bonds. The quantitative estimate of drug-likeness (QED) is 0.214. The van der Waals surface area contributed by atoms with Gasteiger partial charge in [0.1, 0.15) is 18.3 Å². The molecular weight excluding hydrogens is 325 g/mol. The summed E-state index contributed by atoms with van der Waals surface area (Å²) < 4.78 is 19.7. The first-order valence-electron chi connectivity index (χ1n) is 5.93. The van der Waals surface area contributed by atoms with E-state index in [4.69, 9.17) is 14.5 Å². The number of H-pyrrole nitrogens is 1. The van der Waals surface area contributed by atoms with Crippen LogP contribution in [0.25, 0.3) is 0 Å². The van der Waals surface area contributed by atoms with E-state index in [2.05, 4.69) is 19.8 Å². The van der Waals surface area contributed by atoms with E-state index in [9.17, 15) is 24.7 Å². The lowest BCUT2D eigenvalue weighted by Crippen LogP contribution is -2.40. The first-order chi connectivity index (χ1) is 10.2. The molecule has 1 fully saturated rings. The number of rotatable bonds is 5. The average molecular weight is 339 g/mol. The van der Waals surface area contributed by atoms with Gasteiger partial charge in [-0.05, 0) is 0 Å². The summed E-state index contributed by atoms with van der Waals surface area (Å²) in [6, 6.07) is 1.15. The lowest BCUT2D eigenvalue weighted by molar-refractivity contribution is -0.151. The van der Waals surface area contributed by atoms with Crippen molar-refractivity contribution in [1.29, 1.82) is 0 Å². The number of aliphatic hydroxyl groups is 3. The zero-order chi connectivity index (χ0) is 16.5. The smallest absolute Gasteiger partial charge is 0.387 e. The number of aromatic nitrogens is 2. The van der Waals surface area contributed by atoms with E-state index in [1.165, 1.54) is 6.20 Å². The minimum absolute atomic E-state index is 0.0743. The molecule has 13 heteroatoms. The van der Waals surface area contributed by atoms with Crippen molar-refractivity contribution in [2.45, 2.75) is 30.8 Å². The number of aliphatic hydroxyl groups excluding tert-OH is 3. The fourth-order valence-corrected chi connectivity index (χ4v) is 2.24. The molecule has 0 radical (unpaired) electrons. The molecule has 1 aromatic rings. The molecule has 12 nitrogen and oxygen atoms in total. The van der Waals surface area contributed by atoms with Crippen LogP contribution in [-0.4, -0.2) is 65.9 Å². The Kier molecular flexibility index (Phi) is 4.94. The van der Waals surface area contributed by atoms with Gasteiger partial charge in [-0.15, -0.1) is 0 Å². The standard InChI is InChI=1S/C9H14N3O9P/c13-3-1-2-10-9(11-3)12-7-5(15)4(14)6(20-7)8(16)21-22(17,18)19/h1-2,4-8,14-16H,(H2,17,18,19)(H2,10,11,12,13)/t4-,5+,6-,7?,8?/m0/s1. The van der Waals surface area contributed by atoms with Crippen LogP contribution in [0.2, 0.25) is 0 Å². The first-order valence-corrected chi connectivity index (χ1v) is 7.46. The van der Waals surface area contributed by atoms with Crippen LogP contribution >= 0.6 is 7.82 Å². The molecule has 2 rings (SSSR count). The molecule has 2 unspecified atom stereocenters. The zero-order valence-electron chi connectivity index (χ0n) is 10.8. The van der Waals surface area contributed by atoms with Gasteiger partial charge in [-0.1, -0.05) is 0 Å². The maximum Gasteiger partial charge on any atom is 0.472 e. The van der Waals surface area contributed by atoms with Gasteiger partial charge in [-0.25, -0.2) is 9.55 Å². The van der Waals surface area contributed by atoms with Crippen LogP contribution in [0, 0.1) is 0 Å². The molecule has 0 bridgehead atoms. The van der Waals surface area contributed by atoms with E-state index < -0.39 is 44.2 Å². The summed E-state index contributed by atoms with van der Waals surface area (Å²) in [6.45, 7) is 0. The summed E-state index contributed by atoms with van der Waals surface area (Å²) in [5, 5.41) is 31.5. The number of phosphoric acid groups is 1. The van der Waals surface area contributed by atoms with Crippen molar-refractivity contribution in [3.63, 3.8) is 0 Å². The highest BCUT2D eigenvalue weighted by molar-refractivity contribution is 7.46. The van der Waals surface area contributed by atoms with Crippen LogP contribution in [-0.2, 0) is 13.8 Å². The van der Waals surface area contributed by atoms with Crippen molar-refractivity contribution in [2.24, 2.45) is 0 Å². The Morgan fingerprint density at radius 3 is 2.68 bits per heavy atom. The second-order valence-corrected chi connectivity index (χ2v) is 5.61. The number of ether oxygens (including phenoxy) is 1. The molecule has 0 aliphatic carbocycles. The van der Waals surface area contributed by atoms with Crippen molar-refractivity contribution < 1.29 is 38.9 Å². The molecule has 1 aromatic heterocycles. The van der Waals surface area contributed by atoms with Gasteiger partial charge in [0.15, 0.2) is 12.5 Å². The number of anilines is 1. The predicted octanol–water partition coefficient (Wildman–Crippen LogP) is -2.94. The van der Waals surface area contributed by atoms with Gasteiger partial charge in [0.05, 0.1) is 0 Å². The van der Waals surface area contributed by atoms with Gasteiger partial charge in [-0.2, -0.15) is 0 Å².